The second-order valence-electron chi connectivity index (χ2n) is 6.74. The second-order valence-corrected chi connectivity index (χ2v) is 6.74. The Labute approximate surface area is 166 Å². The van der Waals surface area contributed by atoms with E-state index >= 15 is 0 Å². The number of halogens is 2. The Balaban J connectivity index is 1.42. The number of hydrogen-bond acceptors (Lipinski definition) is 4. The van der Waals surface area contributed by atoms with Gasteiger partial charge in [0.1, 0.15) is 11.6 Å². The van der Waals surface area contributed by atoms with Crippen molar-refractivity contribution in [2.75, 3.05) is 25.0 Å². The standard InChI is InChI=1S/C21H20F2N2O4/c22-16-3-1-14(2-4-16)20(27)25-11-9-15(10-12-25)21(28)29-13-19(26)24-18-7-5-17(23)6-8-18/h1-8,15H,9-13H2,(H,24,26). The zero-order valence-corrected chi connectivity index (χ0v) is 15.6. The second kappa shape index (κ2) is 9.27. The highest BCUT2D eigenvalue weighted by Crippen LogP contribution is 2.20. The van der Waals surface area contributed by atoms with Crippen LogP contribution in [0.15, 0.2) is 48.5 Å². The van der Waals surface area contributed by atoms with Gasteiger partial charge >= 0.3 is 5.97 Å². The summed E-state index contributed by atoms with van der Waals surface area (Å²) in [5.41, 5.74) is 0.796. The number of benzene rings is 2. The van der Waals surface area contributed by atoms with Gasteiger partial charge in [0.05, 0.1) is 5.92 Å². The monoisotopic (exact) mass is 402 g/mol. The maximum Gasteiger partial charge on any atom is 0.309 e. The molecule has 0 atom stereocenters. The lowest BCUT2D eigenvalue weighted by Crippen LogP contribution is -2.41. The van der Waals surface area contributed by atoms with Crippen molar-refractivity contribution in [3.63, 3.8) is 0 Å². The number of ether oxygens (including phenoxy) is 1. The number of piperidine rings is 1. The molecule has 1 fully saturated rings. The minimum atomic E-state index is -0.520. The van der Waals surface area contributed by atoms with Gasteiger partial charge in [-0.3, -0.25) is 14.4 Å². The van der Waals surface area contributed by atoms with Gasteiger partial charge in [-0.15, -0.1) is 0 Å². The van der Waals surface area contributed by atoms with E-state index in [9.17, 15) is 23.2 Å². The van der Waals surface area contributed by atoms with Gasteiger partial charge in [0.2, 0.25) is 0 Å². The third kappa shape index (κ3) is 5.60. The summed E-state index contributed by atoms with van der Waals surface area (Å²) in [4.78, 5) is 38.0. The van der Waals surface area contributed by atoms with E-state index in [2.05, 4.69) is 5.32 Å². The van der Waals surface area contributed by atoms with Crippen LogP contribution in [0.3, 0.4) is 0 Å². The largest absolute Gasteiger partial charge is 0.455 e. The summed E-state index contributed by atoms with van der Waals surface area (Å²) < 4.78 is 30.9. The van der Waals surface area contributed by atoms with Crippen molar-refractivity contribution in [3.05, 3.63) is 65.7 Å². The van der Waals surface area contributed by atoms with Crippen LogP contribution in [0.25, 0.3) is 0 Å². The van der Waals surface area contributed by atoms with Gasteiger partial charge in [-0.2, -0.15) is 0 Å². The average molecular weight is 402 g/mol. The number of esters is 1. The molecule has 6 nitrogen and oxygen atoms in total. The number of carbonyl (C=O) groups is 3. The molecule has 152 valence electrons. The molecular formula is C21H20F2N2O4. The number of nitrogens with zero attached hydrogens (tertiary/aromatic N) is 1. The number of nitrogens with one attached hydrogen (secondary N) is 1. The topological polar surface area (TPSA) is 75.7 Å². The Bertz CT molecular complexity index is 877. The maximum absolute atomic E-state index is 13.0. The molecule has 8 heteroatoms. The molecule has 1 N–H and O–H groups in total. The average Bonchev–Trinajstić information content (AvgIpc) is 2.74. The lowest BCUT2D eigenvalue weighted by Gasteiger charge is -2.31. The van der Waals surface area contributed by atoms with Crippen LogP contribution in [0, 0.1) is 17.6 Å². The Morgan fingerprint density at radius 2 is 1.48 bits per heavy atom. The molecule has 0 saturated carbocycles. The zero-order valence-electron chi connectivity index (χ0n) is 15.6. The zero-order chi connectivity index (χ0) is 20.8. The third-order valence-electron chi connectivity index (χ3n) is 4.68. The SMILES string of the molecule is O=C(COC(=O)C1CCN(C(=O)c2ccc(F)cc2)CC1)Nc1ccc(F)cc1. The molecule has 29 heavy (non-hydrogen) atoms. The van der Waals surface area contributed by atoms with Crippen LogP contribution in [0.5, 0.6) is 0 Å². The predicted octanol–water partition coefficient (Wildman–Crippen LogP) is 3.00. The first-order valence-corrected chi connectivity index (χ1v) is 9.19. The van der Waals surface area contributed by atoms with Crippen molar-refractivity contribution in [2.24, 2.45) is 5.92 Å². The molecule has 3 rings (SSSR count). The predicted molar refractivity (Wildman–Crippen MR) is 101 cm³/mol. The molecule has 0 spiro atoms. The molecule has 1 saturated heterocycles. The fraction of sp³-hybridized carbons (Fsp3) is 0.286. The van der Waals surface area contributed by atoms with Crippen molar-refractivity contribution in [2.45, 2.75) is 12.8 Å². The molecule has 2 aromatic rings. The van der Waals surface area contributed by atoms with Gasteiger partial charge in [0, 0.05) is 24.3 Å². The molecule has 0 radical (unpaired) electrons. The first-order chi connectivity index (χ1) is 13.9. The van der Waals surface area contributed by atoms with Crippen LogP contribution in [-0.4, -0.2) is 42.4 Å². The van der Waals surface area contributed by atoms with E-state index in [1.54, 1.807) is 4.90 Å². The van der Waals surface area contributed by atoms with Crippen LogP contribution in [0.1, 0.15) is 23.2 Å². The van der Waals surface area contributed by atoms with Crippen LogP contribution in [0.2, 0.25) is 0 Å². The molecule has 1 aliphatic rings. The molecule has 0 unspecified atom stereocenters. The molecule has 2 aromatic carbocycles. The van der Waals surface area contributed by atoms with Crippen molar-refractivity contribution in [3.8, 4) is 0 Å². The van der Waals surface area contributed by atoms with Gasteiger partial charge in [0.15, 0.2) is 6.61 Å². The van der Waals surface area contributed by atoms with Gasteiger partial charge in [-0.1, -0.05) is 0 Å². The molecule has 0 aromatic heterocycles. The van der Waals surface area contributed by atoms with E-state index in [1.165, 1.54) is 48.5 Å². The summed E-state index contributed by atoms with van der Waals surface area (Å²) in [7, 11) is 0. The maximum atomic E-state index is 13.0. The van der Waals surface area contributed by atoms with Crippen LogP contribution in [0.4, 0.5) is 14.5 Å². The van der Waals surface area contributed by atoms with Crippen molar-refractivity contribution >= 4 is 23.5 Å². The minimum absolute atomic E-state index is 0.213. The first-order valence-electron chi connectivity index (χ1n) is 9.19. The number of likely N-dealkylation sites (tertiary alicyclic amines) is 1. The van der Waals surface area contributed by atoms with E-state index in [4.69, 9.17) is 4.74 Å². The van der Waals surface area contributed by atoms with Crippen LogP contribution in [-0.2, 0) is 14.3 Å². The molecule has 0 bridgehead atoms. The van der Waals surface area contributed by atoms with E-state index in [1.807, 2.05) is 0 Å². The summed E-state index contributed by atoms with van der Waals surface area (Å²) in [5, 5.41) is 2.51. The van der Waals surface area contributed by atoms with E-state index in [0.717, 1.165) is 0 Å². The van der Waals surface area contributed by atoms with E-state index < -0.39 is 36.0 Å². The number of carbonyl (C=O) groups excluding carboxylic acids is 3. The van der Waals surface area contributed by atoms with Gasteiger partial charge < -0.3 is 15.0 Å². The van der Waals surface area contributed by atoms with Crippen molar-refractivity contribution in [1.82, 2.24) is 4.90 Å². The summed E-state index contributed by atoms with van der Waals surface area (Å²) in [5.74, 6) is -2.45. The Kier molecular flexibility index (Phi) is 6.54. The van der Waals surface area contributed by atoms with Crippen LogP contribution < -0.4 is 5.32 Å². The number of anilines is 1. The highest BCUT2D eigenvalue weighted by atomic mass is 19.1. The Morgan fingerprint density at radius 3 is 2.07 bits per heavy atom. The van der Waals surface area contributed by atoms with Crippen molar-refractivity contribution < 1.29 is 27.9 Å². The highest BCUT2D eigenvalue weighted by molar-refractivity contribution is 5.94. The summed E-state index contributed by atoms with van der Waals surface area (Å²) in [6, 6.07) is 10.6. The van der Waals surface area contributed by atoms with Crippen molar-refractivity contribution in [1.29, 1.82) is 0 Å². The molecule has 2 amide bonds. The Hall–Kier alpha value is -3.29. The van der Waals surface area contributed by atoms with E-state index in [0.29, 0.717) is 37.2 Å². The molecule has 1 heterocycles. The van der Waals surface area contributed by atoms with E-state index in [-0.39, 0.29) is 5.91 Å². The highest BCUT2D eigenvalue weighted by Gasteiger charge is 2.29. The summed E-state index contributed by atoms with van der Waals surface area (Å²) in [6.07, 6.45) is 0.844. The lowest BCUT2D eigenvalue weighted by molar-refractivity contribution is -0.152. The van der Waals surface area contributed by atoms with Crippen LogP contribution >= 0.6 is 0 Å². The number of amides is 2. The first kappa shape index (κ1) is 20.4. The molecule has 0 aliphatic carbocycles. The summed E-state index contributed by atoms with van der Waals surface area (Å²) >= 11 is 0. The van der Waals surface area contributed by atoms with Gasteiger partial charge in [-0.25, -0.2) is 8.78 Å². The number of rotatable bonds is 5. The minimum Gasteiger partial charge on any atom is -0.455 e. The summed E-state index contributed by atoms with van der Waals surface area (Å²) in [6.45, 7) is 0.306. The number of hydrogen-bond donors (Lipinski definition) is 1. The fourth-order valence-electron chi connectivity index (χ4n) is 3.08. The van der Waals surface area contributed by atoms with Gasteiger partial charge in [-0.05, 0) is 61.4 Å². The Morgan fingerprint density at radius 1 is 0.931 bits per heavy atom. The smallest absolute Gasteiger partial charge is 0.309 e. The molecule has 1 aliphatic heterocycles. The lowest BCUT2D eigenvalue weighted by atomic mass is 9.96. The van der Waals surface area contributed by atoms with Gasteiger partial charge in [0.25, 0.3) is 11.8 Å². The molecular weight excluding hydrogens is 382 g/mol. The third-order valence-corrected chi connectivity index (χ3v) is 4.68. The quantitative estimate of drug-likeness (QED) is 0.781. The normalized spacial score (nSPS) is 14.3. The fourth-order valence-corrected chi connectivity index (χ4v) is 3.08.